The number of amides is 1. The summed E-state index contributed by atoms with van der Waals surface area (Å²) in [4.78, 5) is 10.9. The van der Waals surface area contributed by atoms with Gasteiger partial charge in [0.2, 0.25) is 0 Å². The van der Waals surface area contributed by atoms with Crippen molar-refractivity contribution in [3.63, 3.8) is 0 Å². The molecule has 1 aliphatic rings. The van der Waals surface area contributed by atoms with Gasteiger partial charge in [0.1, 0.15) is 18.0 Å². The number of carbonyl (C=O) groups excluding carboxylic acids is 1. The molecular weight excluding hydrogens is 270 g/mol. The van der Waals surface area contributed by atoms with Crippen molar-refractivity contribution in [3.05, 3.63) is 27.8 Å². The Bertz CT molecular complexity index is 514. The third kappa shape index (κ3) is 2.77. The molecule has 2 atom stereocenters. The highest BCUT2D eigenvalue weighted by Gasteiger charge is 2.33. The van der Waals surface area contributed by atoms with E-state index in [4.69, 9.17) is 31.5 Å². The monoisotopic (exact) mass is 285 g/mol. The molecule has 0 bridgehead atoms. The van der Waals surface area contributed by atoms with Gasteiger partial charge in [0.15, 0.2) is 0 Å². The third-order valence-electron chi connectivity index (χ3n) is 3.14. The average molecular weight is 286 g/mol. The van der Waals surface area contributed by atoms with E-state index in [2.05, 4.69) is 0 Å². The van der Waals surface area contributed by atoms with E-state index in [0.29, 0.717) is 22.9 Å². The Morgan fingerprint density at radius 2 is 2.26 bits per heavy atom. The van der Waals surface area contributed by atoms with Crippen molar-refractivity contribution >= 4 is 17.7 Å². The number of halogens is 1. The minimum absolute atomic E-state index is 0.00632. The number of hydrogen-bond donors (Lipinski definition) is 1. The summed E-state index contributed by atoms with van der Waals surface area (Å²) in [5.74, 6) is 0.637. The van der Waals surface area contributed by atoms with Gasteiger partial charge in [-0.15, -0.1) is 0 Å². The minimum atomic E-state index is -0.838. The van der Waals surface area contributed by atoms with Crippen LogP contribution in [0.5, 0.6) is 5.75 Å². The van der Waals surface area contributed by atoms with Gasteiger partial charge in [0, 0.05) is 16.1 Å². The Hall–Kier alpha value is -1.46. The van der Waals surface area contributed by atoms with Crippen LogP contribution in [0.1, 0.15) is 35.8 Å². The lowest BCUT2D eigenvalue weighted by molar-refractivity contribution is 0.115. The van der Waals surface area contributed by atoms with Crippen LogP contribution in [0.2, 0.25) is 5.02 Å². The number of primary amides is 1. The second kappa shape index (κ2) is 5.27. The molecule has 1 aromatic carbocycles. The zero-order chi connectivity index (χ0) is 14.2. The van der Waals surface area contributed by atoms with Gasteiger partial charge >= 0.3 is 6.09 Å². The summed E-state index contributed by atoms with van der Waals surface area (Å²) >= 11 is 6.22. The number of epoxide rings is 1. The first-order chi connectivity index (χ1) is 8.95. The maximum absolute atomic E-state index is 10.9. The van der Waals surface area contributed by atoms with Crippen LogP contribution in [0.4, 0.5) is 4.79 Å². The van der Waals surface area contributed by atoms with Crippen LogP contribution in [-0.2, 0) is 9.47 Å². The van der Waals surface area contributed by atoms with Crippen molar-refractivity contribution in [2.75, 3.05) is 13.7 Å². The fourth-order valence-corrected chi connectivity index (χ4v) is 2.35. The normalized spacial score (nSPS) is 18.8. The SMILES string of the molecule is COc1c(C(C)OC(N)=O)cc(Cl)c(C)c1C1CO1. The van der Waals surface area contributed by atoms with Gasteiger partial charge in [-0.05, 0) is 25.5 Å². The van der Waals surface area contributed by atoms with Gasteiger partial charge in [0.05, 0.1) is 13.7 Å². The van der Waals surface area contributed by atoms with Gasteiger partial charge < -0.3 is 19.9 Å². The van der Waals surface area contributed by atoms with E-state index in [9.17, 15) is 4.79 Å². The van der Waals surface area contributed by atoms with E-state index >= 15 is 0 Å². The standard InChI is InChI=1S/C13H16ClNO4/c1-6-9(14)4-8(7(2)19-13(15)16)12(17-3)11(6)10-5-18-10/h4,7,10H,5H2,1-3H3,(H2,15,16). The van der Waals surface area contributed by atoms with E-state index < -0.39 is 12.2 Å². The number of carbonyl (C=O) groups is 1. The number of nitrogens with two attached hydrogens (primary N) is 1. The number of hydrogen-bond acceptors (Lipinski definition) is 4. The molecular formula is C13H16ClNO4. The highest BCUT2D eigenvalue weighted by molar-refractivity contribution is 6.31. The highest BCUT2D eigenvalue weighted by atomic mass is 35.5. The van der Waals surface area contributed by atoms with Gasteiger partial charge in [-0.3, -0.25) is 0 Å². The van der Waals surface area contributed by atoms with Gasteiger partial charge in [0.25, 0.3) is 0 Å². The van der Waals surface area contributed by atoms with Crippen molar-refractivity contribution in [2.24, 2.45) is 5.73 Å². The van der Waals surface area contributed by atoms with Gasteiger partial charge in [-0.1, -0.05) is 11.6 Å². The average Bonchev–Trinajstić information content (AvgIpc) is 3.14. The molecule has 6 heteroatoms. The second-order valence-corrected chi connectivity index (χ2v) is 4.83. The van der Waals surface area contributed by atoms with Crippen molar-refractivity contribution in [2.45, 2.75) is 26.1 Å². The number of methoxy groups -OCH3 is 1. The van der Waals surface area contributed by atoms with Crippen molar-refractivity contribution in [1.82, 2.24) is 0 Å². The maximum atomic E-state index is 10.9. The molecule has 104 valence electrons. The summed E-state index contributed by atoms with van der Waals surface area (Å²) in [5, 5.41) is 0.584. The van der Waals surface area contributed by atoms with Crippen LogP contribution in [0, 0.1) is 6.92 Å². The molecule has 0 saturated carbocycles. The molecule has 1 aliphatic heterocycles. The van der Waals surface area contributed by atoms with Crippen LogP contribution >= 0.6 is 11.6 Å². The van der Waals surface area contributed by atoms with Crippen LogP contribution in [-0.4, -0.2) is 19.8 Å². The van der Waals surface area contributed by atoms with E-state index in [1.165, 1.54) is 0 Å². The number of ether oxygens (including phenoxy) is 3. The summed E-state index contributed by atoms with van der Waals surface area (Å²) in [6.45, 7) is 4.26. The Balaban J connectivity index is 2.50. The summed E-state index contributed by atoms with van der Waals surface area (Å²) in [5.41, 5.74) is 7.54. The van der Waals surface area contributed by atoms with E-state index in [-0.39, 0.29) is 6.10 Å². The molecule has 0 spiro atoms. The van der Waals surface area contributed by atoms with E-state index in [0.717, 1.165) is 11.1 Å². The van der Waals surface area contributed by atoms with Crippen LogP contribution < -0.4 is 10.5 Å². The lowest BCUT2D eigenvalue weighted by Crippen LogP contribution is -2.16. The molecule has 1 aromatic rings. The molecule has 2 rings (SSSR count). The van der Waals surface area contributed by atoms with Crippen LogP contribution in [0.15, 0.2) is 6.07 Å². The predicted molar refractivity (Wildman–Crippen MR) is 70.5 cm³/mol. The first-order valence-corrected chi connectivity index (χ1v) is 6.28. The molecule has 0 aliphatic carbocycles. The summed E-state index contributed by atoms with van der Waals surface area (Å²) < 4.78 is 15.8. The van der Waals surface area contributed by atoms with Crippen molar-refractivity contribution in [3.8, 4) is 5.75 Å². The maximum Gasteiger partial charge on any atom is 0.405 e. The number of benzene rings is 1. The summed E-state index contributed by atoms with van der Waals surface area (Å²) in [7, 11) is 1.56. The van der Waals surface area contributed by atoms with Gasteiger partial charge in [-0.2, -0.15) is 0 Å². The fraction of sp³-hybridized carbons (Fsp3) is 0.462. The quantitative estimate of drug-likeness (QED) is 0.863. The fourth-order valence-electron chi connectivity index (χ4n) is 2.13. The third-order valence-corrected chi connectivity index (χ3v) is 3.53. The molecule has 0 radical (unpaired) electrons. The second-order valence-electron chi connectivity index (χ2n) is 4.42. The zero-order valence-corrected chi connectivity index (χ0v) is 11.8. The summed E-state index contributed by atoms with van der Waals surface area (Å²) in [6, 6.07) is 1.73. The first-order valence-electron chi connectivity index (χ1n) is 5.90. The lowest BCUT2D eigenvalue weighted by atomic mass is 9.98. The van der Waals surface area contributed by atoms with Crippen molar-refractivity contribution < 1.29 is 19.0 Å². The molecule has 2 N–H and O–H groups in total. The molecule has 1 amide bonds. The van der Waals surface area contributed by atoms with E-state index in [1.54, 1.807) is 20.1 Å². The molecule has 1 heterocycles. The minimum Gasteiger partial charge on any atom is -0.496 e. The molecule has 1 saturated heterocycles. The zero-order valence-electron chi connectivity index (χ0n) is 11.0. The van der Waals surface area contributed by atoms with Crippen LogP contribution in [0.3, 0.4) is 0 Å². The van der Waals surface area contributed by atoms with Crippen LogP contribution in [0.25, 0.3) is 0 Å². The molecule has 19 heavy (non-hydrogen) atoms. The van der Waals surface area contributed by atoms with E-state index in [1.807, 2.05) is 6.92 Å². The van der Waals surface area contributed by atoms with Crippen molar-refractivity contribution in [1.29, 1.82) is 0 Å². The molecule has 2 unspecified atom stereocenters. The Morgan fingerprint density at radius 1 is 1.63 bits per heavy atom. The predicted octanol–water partition coefficient (Wildman–Crippen LogP) is 2.88. The van der Waals surface area contributed by atoms with Gasteiger partial charge in [-0.25, -0.2) is 4.79 Å². The highest BCUT2D eigenvalue weighted by Crippen LogP contribution is 2.45. The first kappa shape index (κ1) is 14.0. The molecule has 5 nitrogen and oxygen atoms in total. The smallest absolute Gasteiger partial charge is 0.405 e. The number of rotatable bonds is 4. The summed E-state index contributed by atoms with van der Waals surface area (Å²) in [6.07, 6.45) is -1.38. The Morgan fingerprint density at radius 3 is 2.74 bits per heavy atom. The lowest BCUT2D eigenvalue weighted by Gasteiger charge is -2.20. The Labute approximate surface area is 116 Å². The Kier molecular flexibility index (Phi) is 3.87. The topological polar surface area (TPSA) is 74.1 Å². The largest absolute Gasteiger partial charge is 0.496 e. The molecule has 1 fully saturated rings. The molecule has 0 aromatic heterocycles.